The van der Waals surface area contributed by atoms with E-state index in [1.54, 1.807) is 0 Å². The highest BCUT2D eigenvalue weighted by Crippen LogP contribution is 2.31. The molecule has 1 aromatic rings. The van der Waals surface area contributed by atoms with Gasteiger partial charge in [-0.05, 0) is 67.0 Å². The van der Waals surface area contributed by atoms with E-state index in [1.165, 1.54) is 29.7 Å². The maximum Gasteiger partial charge on any atom is 0.115 e. The van der Waals surface area contributed by atoms with Crippen molar-refractivity contribution in [2.45, 2.75) is 32.2 Å². The summed E-state index contributed by atoms with van der Waals surface area (Å²) in [5.41, 5.74) is 2.70. The van der Waals surface area contributed by atoms with Gasteiger partial charge in [0, 0.05) is 6.04 Å². The number of hydrogen-bond acceptors (Lipinski definition) is 3. The molecule has 2 atom stereocenters. The third kappa shape index (κ3) is 3.42. The smallest absolute Gasteiger partial charge is 0.115 e. The summed E-state index contributed by atoms with van der Waals surface area (Å²) >= 11 is 1.91. The fourth-order valence-corrected chi connectivity index (χ4v) is 3.39. The topological polar surface area (TPSA) is 32.3 Å². The van der Waals surface area contributed by atoms with Gasteiger partial charge in [0.1, 0.15) is 5.75 Å². The normalized spacial score (nSPS) is 20.4. The van der Waals surface area contributed by atoms with Gasteiger partial charge in [0.05, 0.1) is 0 Å². The lowest BCUT2D eigenvalue weighted by molar-refractivity contribution is 0.425. The van der Waals surface area contributed by atoms with E-state index < -0.39 is 0 Å². The maximum atomic E-state index is 9.54. The van der Waals surface area contributed by atoms with Crippen molar-refractivity contribution in [1.29, 1.82) is 0 Å². The molecule has 2 nitrogen and oxygen atoms in total. The number of phenolic OH excluding ortho intramolecular Hbond substituents is 1. The van der Waals surface area contributed by atoms with Gasteiger partial charge in [-0.15, -0.1) is 0 Å². The van der Waals surface area contributed by atoms with Crippen LogP contribution < -0.4 is 5.32 Å². The van der Waals surface area contributed by atoms with Crippen LogP contribution in [0.1, 0.15) is 36.9 Å². The molecule has 0 fully saturated rings. The summed E-state index contributed by atoms with van der Waals surface area (Å²) in [5.74, 6) is 2.31. The van der Waals surface area contributed by atoms with Crippen LogP contribution >= 0.6 is 11.8 Å². The summed E-state index contributed by atoms with van der Waals surface area (Å²) in [7, 11) is 0. The maximum absolute atomic E-state index is 9.54. The Balaban J connectivity index is 1.99. The van der Waals surface area contributed by atoms with E-state index in [0.717, 1.165) is 13.0 Å². The first-order valence-electron chi connectivity index (χ1n) is 6.75. The lowest BCUT2D eigenvalue weighted by Gasteiger charge is -2.27. The van der Waals surface area contributed by atoms with Crippen LogP contribution in [0.2, 0.25) is 0 Å². The molecule has 100 valence electrons. The van der Waals surface area contributed by atoms with Gasteiger partial charge in [0.25, 0.3) is 0 Å². The largest absolute Gasteiger partial charge is 0.508 e. The fraction of sp³-hybridized carbons (Fsp3) is 0.600. The van der Waals surface area contributed by atoms with Crippen LogP contribution in [-0.4, -0.2) is 23.7 Å². The van der Waals surface area contributed by atoms with Crippen LogP contribution in [0.3, 0.4) is 0 Å². The molecular weight excluding hydrogens is 242 g/mol. The minimum Gasteiger partial charge on any atom is -0.508 e. The molecule has 2 rings (SSSR count). The van der Waals surface area contributed by atoms with Gasteiger partial charge >= 0.3 is 0 Å². The highest BCUT2D eigenvalue weighted by atomic mass is 32.2. The zero-order valence-electron chi connectivity index (χ0n) is 11.3. The molecule has 3 heteroatoms. The van der Waals surface area contributed by atoms with Gasteiger partial charge in [-0.2, -0.15) is 11.8 Å². The van der Waals surface area contributed by atoms with Crippen molar-refractivity contribution in [2.24, 2.45) is 5.92 Å². The molecule has 0 spiro atoms. The number of benzene rings is 1. The summed E-state index contributed by atoms with van der Waals surface area (Å²) in [6.07, 6.45) is 5.69. The summed E-state index contributed by atoms with van der Waals surface area (Å²) in [6, 6.07) is 6.29. The number of nitrogens with one attached hydrogen (secondary N) is 1. The van der Waals surface area contributed by atoms with Crippen molar-refractivity contribution in [3.8, 4) is 5.75 Å². The molecule has 2 N–H and O–H groups in total. The van der Waals surface area contributed by atoms with Crippen LogP contribution in [0.4, 0.5) is 0 Å². The Kier molecular flexibility index (Phi) is 4.95. The van der Waals surface area contributed by atoms with Crippen molar-refractivity contribution in [1.82, 2.24) is 5.32 Å². The van der Waals surface area contributed by atoms with Crippen molar-refractivity contribution in [3.63, 3.8) is 0 Å². The first-order chi connectivity index (χ1) is 8.70. The first-order valence-corrected chi connectivity index (χ1v) is 8.14. The number of rotatable bonds is 5. The van der Waals surface area contributed by atoms with Crippen molar-refractivity contribution in [2.75, 3.05) is 18.6 Å². The second-order valence-electron chi connectivity index (χ2n) is 5.30. The summed E-state index contributed by atoms with van der Waals surface area (Å²) in [5, 5.41) is 13.2. The summed E-state index contributed by atoms with van der Waals surface area (Å²) in [6.45, 7) is 3.37. The average Bonchev–Trinajstić information content (AvgIpc) is 2.36. The summed E-state index contributed by atoms with van der Waals surface area (Å²) in [4.78, 5) is 0. The van der Waals surface area contributed by atoms with Gasteiger partial charge in [-0.25, -0.2) is 0 Å². The molecule has 18 heavy (non-hydrogen) atoms. The molecule has 0 saturated heterocycles. The molecule has 1 aromatic carbocycles. The number of aromatic hydroxyl groups is 1. The third-order valence-electron chi connectivity index (χ3n) is 3.60. The molecule has 0 aromatic heterocycles. The van der Waals surface area contributed by atoms with Gasteiger partial charge in [0.15, 0.2) is 0 Å². The van der Waals surface area contributed by atoms with Crippen LogP contribution in [0.5, 0.6) is 5.75 Å². The number of hydrogen-bond donors (Lipinski definition) is 2. The summed E-state index contributed by atoms with van der Waals surface area (Å²) < 4.78 is 0. The molecule has 2 unspecified atom stereocenters. The molecule has 0 bridgehead atoms. The Morgan fingerprint density at radius 2 is 2.33 bits per heavy atom. The van der Waals surface area contributed by atoms with E-state index >= 15 is 0 Å². The minimum atomic E-state index is 0.394. The highest BCUT2D eigenvalue weighted by molar-refractivity contribution is 7.98. The second kappa shape index (κ2) is 6.48. The lowest BCUT2D eigenvalue weighted by atomic mass is 9.87. The predicted molar refractivity (Wildman–Crippen MR) is 79.3 cm³/mol. The van der Waals surface area contributed by atoms with E-state index in [4.69, 9.17) is 0 Å². The lowest BCUT2D eigenvalue weighted by Crippen LogP contribution is -2.29. The molecule has 1 aliphatic carbocycles. The van der Waals surface area contributed by atoms with Crippen LogP contribution in [0, 0.1) is 5.92 Å². The van der Waals surface area contributed by atoms with Crippen molar-refractivity contribution >= 4 is 11.8 Å². The van der Waals surface area contributed by atoms with E-state index in [2.05, 4.69) is 24.6 Å². The number of phenols is 1. The first kappa shape index (κ1) is 13.8. The van der Waals surface area contributed by atoms with Crippen molar-refractivity contribution < 1.29 is 5.11 Å². The average molecular weight is 265 g/mol. The third-order valence-corrected chi connectivity index (χ3v) is 4.51. The van der Waals surface area contributed by atoms with E-state index in [1.807, 2.05) is 23.9 Å². The Morgan fingerprint density at radius 3 is 3.11 bits per heavy atom. The fourth-order valence-electron chi connectivity index (χ4n) is 2.70. The van der Waals surface area contributed by atoms with Gasteiger partial charge in [-0.3, -0.25) is 0 Å². The Morgan fingerprint density at radius 1 is 1.50 bits per heavy atom. The molecular formula is C15H23NOS. The Labute approximate surface area is 114 Å². The van der Waals surface area contributed by atoms with Gasteiger partial charge < -0.3 is 10.4 Å². The van der Waals surface area contributed by atoms with Crippen LogP contribution in [0.25, 0.3) is 0 Å². The van der Waals surface area contributed by atoms with E-state index in [0.29, 0.717) is 17.7 Å². The Hall–Kier alpha value is -0.670. The van der Waals surface area contributed by atoms with E-state index in [9.17, 15) is 5.11 Å². The van der Waals surface area contributed by atoms with E-state index in [-0.39, 0.29) is 0 Å². The number of aryl methyl sites for hydroxylation is 1. The molecule has 0 aliphatic heterocycles. The SMILES string of the molecule is CSCC(C)CNC1CCCc2cc(O)ccc21. The molecule has 1 aliphatic rings. The monoisotopic (exact) mass is 265 g/mol. The van der Waals surface area contributed by atoms with Gasteiger partial charge in [-0.1, -0.05) is 13.0 Å². The molecule has 0 heterocycles. The second-order valence-corrected chi connectivity index (χ2v) is 6.21. The van der Waals surface area contributed by atoms with Gasteiger partial charge in [0.2, 0.25) is 0 Å². The number of thioether (sulfide) groups is 1. The van der Waals surface area contributed by atoms with Crippen LogP contribution in [-0.2, 0) is 6.42 Å². The zero-order chi connectivity index (χ0) is 13.0. The highest BCUT2D eigenvalue weighted by Gasteiger charge is 2.20. The predicted octanol–water partition coefficient (Wildman–Crippen LogP) is 3.36. The molecule has 0 amide bonds. The Bertz CT molecular complexity index is 394. The number of fused-ring (bicyclic) bond motifs is 1. The minimum absolute atomic E-state index is 0.394. The van der Waals surface area contributed by atoms with Crippen molar-refractivity contribution in [3.05, 3.63) is 29.3 Å². The zero-order valence-corrected chi connectivity index (χ0v) is 12.1. The van der Waals surface area contributed by atoms with Crippen LogP contribution in [0.15, 0.2) is 18.2 Å². The standard InChI is InChI=1S/C15H23NOS/c1-11(10-18-2)9-16-15-5-3-4-12-8-13(17)6-7-14(12)15/h6-8,11,15-17H,3-5,9-10H2,1-2H3. The molecule has 0 radical (unpaired) electrons. The molecule has 0 saturated carbocycles. The quantitative estimate of drug-likeness (QED) is 0.856.